The highest BCUT2D eigenvalue weighted by Crippen LogP contribution is 2.37. The molecule has 1 aromatic rings. The van der Waals surface area contributed by atoms with Crippen LogP contribution in [0.1, 0.15) is 25.7 Å². The first-order valence-corrected chi connectivity index (χ1v) is 7.25. The average Bonchev–Trinajstić information content (AvgIpc) is 2.96. The number of nitrogens with zero attached hydrogens (tertiary/aromatic N) is 1. The molecule has 1 aliphatic heterocycles. The van der Waals surface area contributed by atoms with Crippen molar-refractivity contribution in [2.24, 2.45) is 0 Å². The maximum atomic E-state index is 12.1. The van der Waals surface area contributed by atoms with Crippen molar-refractivity contribution < 1.29 is 14.3 Å². The Balaban J connectivity index is 1.76. The second-order valence-corrected chi connectivity index (χ2v) is 5.47. The van der Waals surface area contributed by atoms with Crippen LogP contribution in [0.3, 0.4) is 0 Å². The highest BCUT2D eigenvalue weighted by Gasteiger charge is 2.26. The van der Waals surface area contributed by atoms with Crippen LogP contribution in [0, 0.1) is 0 Å². The maximum Gasteiger partial charge on any atom is 0.319 e. The van der Waals surface area contributed by atoms with E-state index in [0.29, 0.717) is 17.1 Å². The van der Waals surface area contributed by atoms with Crippen LogP contribution >= 0.6 is 0 Å². The third kappa shape index (κ3) is 2.79. The van der Waals surface area contributed by atoms with E-state index in [1.807, 2.05) is 0 Å². The summed E-state index contributed by atoms with van der Waals surface area (Å²) in [5, 5.41) is 5.79. The van der Waals surface area contributed by atoms with Gasteiger partial charge in [-0.25, -0.2) is 4.79 Å². The third-order valence-electron chi connectivity index (χ3n) is 4.00. The number of fused-ring (bicyclic) bond motifs is 1. The van der Waals surface area contributed by atoms with E-state index >= 15 is 0 Å². The van der Waals surface area contributed by atoms with Gasteiger partial charge in [0, 0.05) is 13.1 Å². The Kier molecular flexibility index (Phi) is 3.68. The van der Waals surface area contributed by atoms with Crippen LogP contribution in [0.15, 0.2) is 18.2 Å². The molecule has 0 radical (unpaired) electrons. The van der Waals surface area contributed by atoms with Crippen LogP contribution in [0.2, 0.25) is 0 Å². The van der Waals surface area contributed by atoms with E-state index < -0.39 is 0 Å². The van der Waals surface area contributed by atoms with Gasteiger partial charge in [-0.2, -0.15) is 0 Å². The number of likely N-dealkylation sites (N-methyl/N-ethyl adjacent to an activating group) is 1. The van der Waals surface area contributed by atoms with Crippen LogP contribution in [-0.2, 0) is 4.79 Å². The highest BCUT2D eigenvalue weighted by atomic mass is 16.5. The first-order valence-electron chi connectivity index (χ1n) is 7.25. The Hall–Kier alpha value is -2.24. The quantitative estimate of drug-likeness (QED) is 0.876. The SMILES string of the molecule is CN1C(=O)COc2cccc(NC(=O)NC3CCCC3)c21. The highest BCUT2D eigenvalue weighted by molar-refractivity contribution is 6.04. The molecule has 1 aliphatic carbocycles. The van der Waals surface area contributed by atoms with Gasteiger partial charge in [0.15, 0.2) is 6.61 Å². The summed E-state index contributed by atoms with van der Waals surface area (Å²) in [6, 6.07) is 5.37. The summed E-state index contributed by atoms with van der Waals surface area (Å²) >= 11 is 0. The van der Waals surface area contributed by atoms with Gasteiger partial charge in [-0.05, 0) is 25.0 Å². The number of carbonyl (C=O) groups excluding carboxylic acids is 2. The summed E-state index contributed by atoms with van der Waals surface area (Å²) in [5.41, 5.74) is 1.19. The number of rotatable bonds is 2. The smallest absolute Gasteiger partial charge is 0.319 e. The molecule has 6 nitrogen and oxygen atoms in total. The van der Waals surface area contributed by atoms with Crippen molar-refractivity contribution in [3.05, 3.63) is 18.2 Å². The van der Waals surface area contributed by atoms with Gasteiger partial charge in [0.25, 0.3) is 5.91 Å². The zero-order valence-corrected chi connectivity index (χ0v) is 12.0. The number of benzene rings is 1. The molecule has 21 heavy (non-hydrogen) atoms. The molecule has 1 saturated carbocycles. The molecular weight excluding hydrogens is 270 g/mol. The number of amides is 3. The summed E-state index contributed by atoms with van der Waals surface area (Å²) in [5.74, 6) is 0.476. The van der Waals surface area contributed by atoms with Gasteiger partial charge in [0.05, 0.1) is 5.69 Å². The van der Waals surface area contributed by atoms with E-state index in [1.165, 1.54) is 4.90 Å². The molecule has 2 aliphatic rings. The van der Waals surface area contributed by atoms with E-state index in [-0.39, 0.29) is 24.6 Å². The third-order valence-corrected chi connectivity index (χ3v) is 4.00. The number of hydrogen-bond donors (Lipinski definition) is 2. The van der Waals surface area contributed by atoms with Gasteiger partial charge >= 0.3 is 6.03 Å². The number of hydrogen-bond acceptors (Lipinski definition) is 3. The molecule has 0 saturated heterocycles. The minimum Gasteiger partial charge on any atom is -0.481 e. The molecule has 112 valence electrons. The summed E-state index contributed by atoms with van der Waals surface area (Å²) in [6.45, 7) is 0.0290. The number of ether oxygens (including phenoxy) is 1. The summed E-state index contributed by atoms with van der Waals surface area (Å²) in [6.07, 6.45) is 4.39. The van der Waals surface area contributed by atoms with Crippen LogP contribution in [0.5, 0.6) is 5.75 Å². The Morgan fingerprint density at radius 1 is 1.33 bits per heavy atom. The molecule has 0 unspecified atom stereocenters. The van der Waals surface area contributed by atoms with E-state index in [4.69, 9.17) is 4.74 Å². The predicted octanol–water partition coefficient (Wildman–Crippen LogP) is 2.11. The lowest BCUT2D eigenvalue weighted by Gasteiger charge is -2.28. The van der Waals surface area contributed by atoms with Gasteiger partial charge in [0.2, 0.25) is 0 Å². The molecule has 0 bridgehead atoms. The first-order chi connectivity index (χ1) is 10.1. The number of anilines is 2. The molecule has 1 heterocycles. The minimum absolute atomic E-state index is 0.0290. The number of carbonyl (C=O) groups is 2. The molecule has 0 aromatic heterocycles. The Labute approximate surface area is 123 Å². The van der Waals surface area contributed by atoms with Gasteiger partial charge in [-0.3, -0.25) is 4.79 Å². The first kappa shape index (κ1) is 13.7. The van der Waals surface area contributed by atoms with Crippen molar-refractivity contribution >= 4 is 23.3 Å². The second-order valence-electron chi connectivity index (χ2n) is 5.47. The predicted molar refractivity (Wildman–Crippen MR) is 79.8 cm³/mol. The molecule has 0 atom stereocenters. The molecule has 0 spiro atoms. The fourth-order valence-corrected chi connectivity index (χ4v) is 2.86. The zero-order valence-electron chi connectivity index (χ0n) is 12.0. The molecule has 6 heteroatoms. The second kappa shape index (κ2) is 5.63. The Bertz CT molecular complexity index is 567. The number of para-hydroxylation sites is 1. The Morgan fingerprint density at radius 2 is 2.10 bits per heavy atom. The van der Waals surface area contributed by atoms with Crippen LogP contribution in [0.4, 0.5) is 16.2 Å². The molecule has 3 rings (SSSR count). The average molecular weight is 289 g/mol. The lowest BCUT2D eigenvalue weighted by atomic mass is 10.2. The molecule has 2 N–H and O–H groups in total. The standard InChI is InChI=1S/C15H19N3O3/c1-18-13(19)9-21-12-8-4-7-11(14(12)18)17-15(20)16-10-5-2-3-6-10/h4,7-8,10H,2-3,5-6,9H2,1H3,(H2,16,17,20). The van der Waals surface area contributed by atoms with Gasteiger partial charge < -0.3 is 20.3 Å². The van der Waals surface area contributed by atoms with E-state index in [2.05, 4.69) is 10.6 Å². The van der Waals surface area contributed by atoms with Gasteiger partial charge in [-0.15, -0.1) is 0 Å². The van der Waals surface area contributed by atoms with E-state index in [0.717, 1.165) is 25.7 Å². The topological polar surface area (TPSA) is 70.7 Å². The number of urea groups is 1. The molecule has 3 amide bonds. The van der Waals surface area contributed by atoms with Crippen molar-refractivity contribution in [1.29, 1.82) is 0 Å². The minimum atomic E-state index is -0.235. The van der Waals surface area contributed by atoms with Gasteiger partial charge in [-0.1, -0.05) is 18.9 Å². The lowest BCUT2D eigenvalue weighted by Crippen LogP contribution is -2.38. The van der Waals surface area contributed by atoms with Crippen molar-refractivity contribution in [2.45, 2.75) is 31.7 Å². The summed E-state index contributed by atoms with van der Waals surface area (Å²) in [7, 11) is 1.68. The molecule has 1 fully saturated rings. The largest absolute Gasteiger partial charge is 0.481 e. The van der Waals surface area contributed by atoms with Crippen molar-refractivity contribution in [3.63, 3.8) is 0 Å². The van der Waals surface area contributed by atoms with Gasteiger partial charge in [0.1, 0.15) is 11.4 Å². The van der Waals surface area contributed by atoms with Crippen molar-refractivity contribution in [1.82, 2.24) is 5.32 Å². The zero-order chi connectivity index (χ0) is 14.8. The fourth-order valence-electron chi connectivity index (χ4n) is 2.86. The van der Waals surface area contributed by atoms with E-state index in [9.17, 15) is 9.59 Å². The van der Waals surface area contributed by atoms with Crippen LogP contribution in [0.25, 0.3) is 0 Å². The number of nitrogens with one attached hydrogen (secondary N) is 2. The molecular formula is C15H19N3O3. The molecule has 1 aromatic carbocycles. The normalized spacial score (nSPS) is 18.1. The van der Waals surface area contributed by atoms with Crippen molar-refractivity contribution in [3.8, 4) is 5.75 Å². The maximum absolute atomic E-state index is 12.1. The fraction of sp³-hybridized carbons (Fsp3) is 0.467. The monoisotopic (exact) mass is 289 g/mol. The van der Waals surface area contributed by atoms with E-state index in [1.54, 1.807) is 25.2 Å². The lowest BCUT2D eigenvalue weighted by molar-refractivity contribution is -0.120. The van der Waals surface area contributed by atoms with Crippen molar-refractivity contribution in [2.75, 3.05) is 23.9 Å². The summed E-state index contributed by atoms with van der Waals surface area (Å²) in [4.78, 5) is 25.3. The summed E-state index contributed by atoms with van der Waals surface area (Å²) < 4.78 is 5.40. The Morgan fingerprint density at radius 3 is 2.86 bits per heavy atom. The van der Waals surface area contributed by atoms with Crippen LogP contribution < -0.4 is 20.3 Å². The van der Waals surface area contributed by atoms with Crippen LogP contribution in [-0.4, -0.2) is 31.6 Å².